The maximum absolute atomic E-state index is 12.2. The standard InChI is InChI=1S/C18H22N2O4/c1-3-8-19-15-6-4-5-13(10-15)11-16(17(21)24-2)14-7-9-20(12-14)18(22)23/h1,4-6,10,14,16,19H,7-9,11-12H2,2H3,(H,22,23)/t14-,16?/m0/s1. The maximum atomic E-state index is 12.2. The number of hydrogen-bond donors (Lipinski definition) is 2. The first-order valence-electron chi connectivity index (χ1n) is 7.87. The number of carbonyl (C=O) groups excluding carboxylic acids is 1. The van der Waals surface area contributed by atoms with Gasteiger partial charge in [-0.3, -0.25) is 4.79 Å². The summed E-state index contributed by atoms with van der Waals surface area (Å²) in [6.07, 6.45) is 5.48. The van der Waals surface area contributed by atoms with Gasteiger partial charge in [0.05, 0.1) is 19.6 Å². The van der Waals surface area contributed by atoms with Gasteiger partial charge in [-0.15, -0.1) is 6.42 Å². The van der Waals surface area contributed by atoms with Crippen molar-refractivity contribution < 1.29 is 19.4 Å². The van der Waals surface area contributed by atoms with E-state index in [-0.39, 0.29) is 17.8 Å². The zero-order valence-electron chi connectivity index (χ0n) is 13.7. The van der Waals surface area contributed by atoms with Gasteiger partial charge < -0.3 is 20.1 Å². The Bertz CT molecular complexity index is 638. The van der Waals surface area contributed by atoms with Crippen LogP contribution in [-0.2, 0) is 16.0 Å². The maximum Gasteiger partial charge on any atom is 0.407 e. The van der Waals surface area contributed by atoms with Gasteiger partial charge >= 0.3 is 12.1 Å². The first kappa shape index (κ1) is 17.7. The third kappa shape index (κ3) is 4.42. The largest absolute Gasteiger partial charge is 0.469 e. The summed E-state index contributed by atoms with van der Waals surface area (Å²) in [5, 5.41) is 12.2. The van der Waals surface area contributed by atoms with Crippen LogP contribution in [0.5, 0.6) is 0 Å². The molecule has 2 rings (SSSR count). The molecule has 0 aliphatic carbocycles. The molecule has 1 amide bonds. The van der Waals surface area contributed by atoms with Gasteiger partial charge in [-0.05, 0) is 36.5 Å². The molecule has 0 aromatic heterocycles. The second kappa shape index (κ2) is 8.25. The normalized spacial score (nSPS) is 17.8. The third-order valence-electron chi connectivity index (χ3n) is 4.35. The van der Waals surface area contributed by atoms with Gasteiger partial charge in [-0.2, -0.15) is 0 Å². The number of ether oxygens (including phenoxy) is 1. The molecule has 1 unspecified atom stereocenters. The van der Waals surface area contributed by atoms with Crippen LogP contribution in [0.3, 0.4) is 0 Å². The van der Waals surface area contributed by atoms with Crippen LogP contribution in [0.1, 0.15) is 12.0 Å². The topological polar surface area (TPSA) is 78.9 Å². The quantitative estimate of drug-likeness (QED) is 0.616. The average Bonchev–Trinajstić information content (AvgIpc) is 3.07. The van der Waals surface area contributed by atoms with Gasteiger partial charge in [0.15, 0.2) is 0 Å². The first-order chi connectivity index (χ1) is 11.5. The molecule has 1 aromatic rings. The van der Waals surface area contributed by atoms with Crippen LogP contribution in [0.2, 0.25) is 0 Å². The molecule has 6 heteroatoms. The Morgan fingerprint density at radius 2 is 2.33 bits per heavy atom. The van der Waals surface area contributed by atoms with Crippen molar-refractivity contribution in [2.75, 3.05) is 32.1 Å². The Morgan fingerprint density at radius 1 is 1.54 bits per heavy atom. The van der Waals surface area contributed by atoms with Crippen LogP contribution in [0.25, 0.3) is 0 Å². The summed E-state index contributed by atoms with van der Waals surface area (Å²) in [5.41, 5.74) is 1.88. The van der Waals surface area contributed by atoms with Crippen molar-refractivity contribution in [3.05, 3.63) is 29.8 Å². The number of rotatable bonds is 6. The zero-order chi connectivity index (χ0) is 17.5. The molecular weight excluding hydrogens is 308 g/mol. The highest BCUT2D eigenvalue weighted by Gasteiger charge is 2.36. The SMILES string of the molecule is C#CCNc1cccc(CC(C(=O)OC)[C@H]2CCN(C(=O)O)C2)c1. The van der Waals surface area contributed by atoms with E-state index in [1.165, 1.54) is 12.0 Å². The highest BCUT2D eigenvalue weighted by molar-refractivity contribution is 5.73. The van der Waals surface area contributed by atoms with Crippen LogP contribution >= 0.6 is 0 Å². The molecule has 1 fully saturated rings. The molecule has 2 atom stereocenters. The molecule has 1 aromatic carbocycles. The van der Waals surface area contributed by atoms with E-state index in [9.17, 15) is 9.59 Å². The fourth-order valence-electron chi connectivity index (χ4n) is 3.10. The number of carboxylic acid groups (broad SMARTS) is 1. The van der Waals surface area contributed by atoms with Crippen molar-refractivity contribution in [2.45, 2.75) is 12.8 Å². The van der Waals surface area contributed by atoms with E-state index in [1.807, 2.05) is 24.3 Å². The predicted octanol–water partition coefficient (Wildman–Crippen LogP) is 2.06. The number of anilines is 1. The molecule has 1 aliphatic heterocycles. The number of nitrogens with one attached hydrogen (secondary N) is 1. The smallest absolute Gasteiger partial charge is 0.407 e. The van der Waals surface area contributed by atoms with E-state index in [1.54, 1.807) is 0 Å². The fourth-order valence-corrected chi connectivity index (χ4v) is 3.10. The number of esters is 1. The van der Waals surface area contributed by atoms with Crippen LogP contribution in [0, 0.1) is 24.2 Å². The van der Waals surface area contributed by atoms with Crippen molar-refractivity contribution in [3.63, 3.8) is 0 Å². The van der Waals surface area contributed by atoms with Gasteiger partial charge in [0, 0.05) is 18.8 Å². The highest BCUT2D eigenvalue weighted by atomic mass is 16.5. The van der Waals surface area contributed by atoms with Crippen LogP contribution in [0.4, 0.5) is 10.5 Å². The predicted molar refractivity (Wildman–Crippen MR) is 90.7 cm³/mol. The lowest BCUT2D eigenvalue weighted by atomic mass is 9.86. The minimum Gasteiger partial charge on any atom is -0.469 e. The number of nitrogens with zero attached hydrogens (tertiary/aromatic N) is 1. The lowest BCUT2D eigenvalue weighted by Gasteiger charge is -2.21. The van der Waals surface area contributed by atoms with E-state index in [4.69, 9.17) is 16.3 Å². The zero-order valence-corrected chi connectivity index (χ0v) is 13.7. The monoisotopic (exact) mass is 330 g/mol. The number of likely N-dealkylation sites (tertiary alicyclic amines) is 1. The number of terminal acetylenes is 1. The molecule has 0 saturated carbocycles. The summed E-state index contributed by atoms with van der Waals surface area (Å²) in [5.74, 6) is 1.83. The molecule has 1 heterocycles. The number of amides is 1. The molecule has 0 radical (unpaired) electrons. The van der Waals surface area contributed by atoms with Crippen LogP contribution < -0.4 is 5.32 Å². The summed E-state index contributed by atoms with van der Waals surface area (Å²) >= 11 is 0. The molecule has 1 aliphatic rings. The van der Waals surface area contributed by atoms with Gasteiger partial charge in [-0.25, -0.2) is 4.79 Å². The van der Waals surface area contributed by atoms with Crippen molar-refractivity contribution in [3.8, 4) is 12.3 Å². The summed E-state index contributed by atoms with van der Waals surface area (Å²) < 4.78 is 4.94. The van der Waals surface area contributed by atoms with Crippen molar-refractivity contribution in [2.24, 2.45) is 11.8 Å². The van der Waals surface area contributed by atoms with Crippen molar-refractivity contribution in [1.82, 2.24) is 4.90 Å². The molecule has 0 spiro atoms. The lowest BCUT2D eigenvalue weighted by molar-refractivity contribution is -0.147. The Balaban J connectivity index is 2.11. The van der Waals surface area contributed by atoms with Crippen LogP contribution in [-0.4, -0.2) is 48.8 Å². The number of hydrogen-bond acceptors (Lipinski definition) is 4. The summed E-state index contributed by atoms with van der Waals surface area (Å²) in [6, 6.07) is 7.72. The molecule has 24 heavy (non-hydrogen) atoms. The summed E-state index contributed by atoms with van der Waals surface area (Å²) in [4.78, 5) is 24.7. The Kier molecular flexibility index (Phi) is 6.07. The first-order valence-corrected chi connectivity index (χ1v) is 7.87. The van der Waals surface area contributed by atoms with Gasteiger partial charge in [0.2, 0.25) is 0 Å². The Hall–Kier alpha value is -2.68. The Morgan fingerprint density at radius 3 is 2.96 bits per heavy atom. The minimum atomic E-state index is -0.943. The molecule has 6 nitrogen and oxygen atoms in total. The van der Waals surface area contributed by atoms with E-state index in [0.717, 1.165) is 11.3 Å². The van der Waals surface area contributed by atoms with Gasteiger partial charge in [0.1, 0.15) is 0 Å². The Labute approximate surface area is 141 Å². The van der Waals surface area contributed by atoms with Crippen LogP contribution in [0.15, 0.2) is 24.3 Å². The molecule has 128 valence electrons. The summed E-state index contributed by atoms with van der Waals surface area (Å²) in [6.45, 7) is 1.25. The van der Waals surface area contributed by atoms with Crippen molar-refractivity contribution in [1.29, 1.82) is 0 Å². The second-order valence-electron chi connectivity index (χ2n) is 5.87. The molecule has 1 saturated heterocycles. The molecule has 0 bridgehead atoms. The van der Waals surface area contributed by atoms with E-state index >= 15 is 0 Å². The molecular formula is C18H22N2O4. The molecule has 2 N–H and O–H groups in total. The number of carbonyl (C=O) groups is 2. The third-order valence-corrected chi connectivity index (χ3v) is 4.35. The average molecular weight is 330 g/mol. The van der Waals surface area contributed by atoms with Gasteiger partial charge in [-0.1, -0.05) is 18.1 Å². The second-order valence-corrected chi connectivity index (χ2v) is 5.87. The fraction of sp³-hybridized carbons (Fsp3) is 0.444. The van der Waals surface area contributed by atoms with Crippen molar-refractivity contribution >= 4 is 17.7 Å². The number of benzene rings is 1. The minimum absolute atomic E-state index is 0.0316. The number of methoxy groups -OCH3 is 1. The highest BCUT2D eigenvalue weighted by Crippen LogP contribution is 2.29. The van der Waals surface area contributed by atoms with E-state index in [2.05, 4.69) is 11.2 Å². The van der Waals surface area contributed by atoms with E-state index < -0.39 is 6.09 Å². The van der Waals surface area contributed by atoms with E-state index in [0.29, 0.717) is 32.5 Å². The lowest BCUT2D eigenvalue weighted by Crippen LogP contribution is -2.32. The summed E-state index contributed by atoms with van der Waals surface area (Å²) in [7, 11) is 1.37. The van der Waals surface area contributed by atoms with Gasteiger partial charge in [0.25, 0.3) is 0 Å².